The maximum absolute atomic E-state index is 15.1. The van der Waals surface area contributed by atoms with Gasteiger partial charge >= 0.3 is 0 Å². The van der Waals surface area contributed by atoms with E-state index in [1.807, 2.05) is 37.4 Å². The smallest absolute Gasteiger partial charge is 0.160 e. The summed E-state index contributed by atoms with van der Waals surface area (Å²) in [5, 5.41) is 53.0. The lowest BCUT2D eigenvalue weighted by atomic mass is 9.44. The van der Waals surface area contributed by atoms with Gasteiger partial charge in [0, 0.05) is 60.6 Å². The summed E-state index contributed by atoms with van der Waals surface area (Å²) >= 11 is 0. The van der Waals surface area contributed by atoms with Crippen molar-refractivity contribution in [1.29, 1.82) is 0 Å². The van der Waals surface area contributed by atoms with Gasteiger partial charge in [-0.1, -0.05) is 80.8 Å². The van der Waals surface area contributed by atoms with Gasteiger partial charge in [0.05, 0.1) is 13.2 Å². The third-order valence-electron chi connectivity index (χ3n) is 13.5. The van der Waals surface area contributed by atoms with E-state index in [2.05, 4.69) is 41.5 Å². The van der Waals surface area contributed by atoms with E-state index in [9.17, 15) is 20.4 Å². The molecule has 10 atom stereocenters. The summed E-state index contributed by atoms with van der Waals surface area (Å²) in [4.78, 5) is 15.1. The van der Waals surface area contributed by atoms with Gasteiger partial charge in [-0.25, -0.2) is 0 Å². The number of fused-ring (bicyclic) bond motifs is 2. The van der Waals surface area contributed by atoms with Crippen LogP contribution >= 0.6 is 0 Å². The predicted molar refractivity (Wildman–Crippen MR) is 211 cm³/mol. The monoisotopic (exact) mass is 734 g/mol. The molecule has 288 valence electrons. The molecular weight excluding hydrogens is 677 g/mol. The lowest BCUT2D eigenvalue weighted by Crippen LogP contribution is -2.70. The van der Waals surface area contributed by atoms with Crippen molar-refractivity contribution in [2.75, 3.05) is 27.2 Å². The van der Waals surface area contributed by atoms with E-state index in [1.54, 1.807) is 18.2 Å². The van der Waals surface area contributed by atoms with Crippen molar-refractivity contribution in [3.05, 3.63) is 82.9 Å². The number of phenolic OH excluding ortho intramolecular Hbond substituents is 3. The van der Waals surface area contributed by atoms with Crippen LogP contribution in [-0.4, -0.2) is 65.6 Å². The fourth-order valence-electron chi connectivity index (χ4n) is 11.2. The third-order valence-corrected chi connectivity index (χ3v) is 13.5. The van der Waals surface area contributed by atoms with E-state index >= 15 is 4.79 Å². The molecule has 4 aliphatic rings. The van der Waals surface area contributed by atoms with Crippen molar-refractivity contribution in [3.63, 3.8) is 0 Å². The summed E-state index contributed by atoms with van der Waals surface area (Å²) < 4.78 is 5.54. The van der Waals surface area contributed by atoms with E-state index in [4.69, 9.17) is 4.74 Å². The first-order valence-electron chi connectivity index (χ1n) is 20.3. The molecule has 0 unspecified atom stereocenters. The second-order valence-corrected chi connectivity index (χ2v) is 16.5. The molecule has 6 N–H and O–H groups in total. The van der Waals surface area contributed by atoms with Crippen molar-refractivity contribution in [1.82, 2.24) is 10.6 Å². The zero-order valence-electron chi connectivity index (χ0n) is 32.1. The van der Waals surface area contributed by atoms with Gasteiger partial charge in [-0.15, -0.1) is 0 Å². The highest BCUT2D eigenvalue weighted by atomic mass is 16.5. The quantitative estimate of drug-likeness (QED) is 0.0751. The Labute approximate surface area is 320 Å². The van der Waals surface area contributed by atoms with Crippen LogP contribution in [0.5, 0.6) is 23.0 Å². The number of aromatic hydroxyl groups is 3. The van der Waals surface area contributed by atoms with Crippen molar-refractivity contribution in [3.8, 4) is 34.8 Å². The van der Waals surface area contributed by atoms with Crippen LogP contribution < -0.4 is 15.4 Å². The number of methoxy groups -OCH3 is 1. The summed E-state index contributed by atoms with van der Waals surface area (Å²) in [6.07, 6.45) is 7.15. The summed E-state index contributed by atoms with van der Waals surface area (Å²) in [6.45, 7) is 3.49. The first kappa shape index (κ1) is 38.3. The molecule has 1 heterocycles. The van der Waals surface area contributed by atoms with Crippen LogP contribution in [0, 0.1) is 41.4 Å². The van der Waals surface area contributed by atoms with E-state index in [1.165, 1.54) is 7.11 Å². The number of aliphatic hydroxyl groups is 1. The molecule has 1 aliphatic heterocycles. The van der Waals surface area contributed by atoms with Crippen LogP contribution in [0.1, 0.15) is 98.8 Å². The van der Waals surface area contributed by atoms with Crippen LogP contribution in [-0.2, 0) is 16.6 Å². The number of unbranched alkanes of at least 4 members (excludes halogenated alkanes) is 2. The van der Waals surface area contributed by atoms with Crippen molar-refractivity contribution < 1.29 is 30.0 Å². The van der Waals surface area contributed by atoms with Gasteiger partial charge in [0.1, 0.15) is 5.78 Å². The Kier molecular flexibility index (Phi) is 11.6. The Hall–Kier alpha value is -4.03. The zero-order valence-corrected chi connectivity index (χ0v) is 32.1. The number of aliphatic hydroxyl groups excluding tert-OH is 1. The van der Waals surface area contributed by atoms with E-state index in [0.29, 0.717) is 25.1 Å². The second kappa shape index (κ2) is 16.4. The van der Waals surface area contributed by atoms with Gasteiger partial charge in [0.25, 0.3) is 0 Å². The fourth-order valence-corrected chi connectivity index (χ4v) is 11.2. The highest BCUT2D eigenvalue weighted by molar-refractivity contribution is 5.83. The van der Waals surface area contributed by atoms with Gasteiger partial charge in [-0.2, -0.15) is 0 Å². The number of carbonyl (C=O) groups is 1. The number of ketones is 1. The highest BCUT2D eigenvalue weighted by Crippen LogP contribution is 2.62. The lowest BCUT2D eigenvalue weighted by molar-refractivity contribution is -0.135. The molecule has 0 aromatic heterocycles. The van der Waals surface area contributed by atoms with Crippen LogP contribution in [0.4, 0.5) is 0 Å². The molecule has 8 nitrogen and oxygen atoms in total. The van der Waals surface area contributed by atoms with Gasteiger partial charge in [-0.05, 0) is 97.5 Å². The van der Waals surface area contributed by atoms with Gasteiger partial charge in [0.15, 0.2) is 23.0 Å². The van der Waals surface area contributed by atoms with E-state index in [0.717, 1.165) is 73.7 Å². The molecule has 0 bridgehead atoms. The molecule has 3 aromatic rings. The van der Waals surface area contributed by atoms with Gasteiger partial charge in [0.2, 0.25) is 0 Å². The largest absolute Gasteiger partial charge is 0.504 e. The Morgan fingerprint density at radius 2 is 1.78 bits per heavy atom. The lowest BCUT2D eigenvalue weighted by Gasteiger charge is -2.63. The van der Waals surface area contributed by atoms with Crippen LogP contribution in [0.2, 0.25) is 0 Å². The number of hydrogen-bond acceptors (Lipinski definition) is 8. The van der Waals surface area contributed by atoms with Crippen LogP contribution in [0.25, 0.3) is 0 Å². The Morgan fingerprint density at radius 3 is 2.54 bits per heavy atom. The number of piperidine rings is 1. The molecule has 1 saturated heterocycles. The summed E-state index contributed by atoms with van der Waals surface area (Å²) in [5.41, 5.74) is 3.43. The topological polar surface area (TPSA) is 131 Å². The SMILES string of the molecule is CCCCC[C@H]1C(=O)C[C@@H](c2ccc(O)c(OC)c2)[C@H](Cc2ccccc2)C#C[C@@H]2CN[C@H]3CCC[C@@H]4C[C@@H](CNC)c5cc(O)c(O)cc5[C@]43[C@@H]2[C@H]1O. The molecule has 8 heteroatoms. The molecule has 54 heavy (non-hydrogen) atoms. The number of phenols is 3. The minimum absolute atomic E-state index is 0.0267. The molecule has 1 saturated carbocycles. The van der Waals surface area contributed by atoms with Gasteiger partial charge in [-0.3, -0.25) is 4.79 Å². The Bertz CT molecular complexity index is 1850. The number of likely N-dealkylation sites (N-methyl/N-ethyl adjacent to an activating group) is 1. The number of nitrogens with one attached hydrogen (secondary N) is 2. The Morgan fingerprint density at radius 1 is 0.981 bits per heavy atom. The second-order valence-electron chi connectivity index (χ2n) is 16.5. The van der Waals surface area contributed by atoms with Crippen molar-refractivity contribution in [2.24, 2.45) is 29.6 Å². The molecule has 2 fully saturated rings. The molecule has 7 rings (SSSR count). The summed E-state index contributed by atoms with van der Waals surface area (Å²) in [7, 11) is 3.48. The number of ether oxygens (including phenoxy) is 1. The average Bonchev–Trinajstić information content (AvgIpc) is 3.17. The average molecular weight is 735 g/mol. The standard InChI is InChI=1S/C46H58N2O6/c1-4-5-7-14-34-39(50)23-35(30-18-19-38(49)42(22-30)54-3)29(20-28-11-8-6-9-12-28)16-17-31-27-48-43-15-10-13-33-21-32(26-47-2)36-24-40(51)41(52)25-37(36)46(33,43)44(31)45(34)53/h6,8-9,11-12,18-19,22,24-25,29,31-35,43-45,47-49,51-53H,4-5,7,10,13-15,20-21,23,26-27H2,1-3H3/t29-,31+,32-,33+,34-,35+,43-,44-,45-,46+/m0/s1. The maximum atomic E-state index is 15.1. The normalized spacial score (nSPS) is 31.9. The maximum Gasteiger partial charge on any atom is 0.160 e. The molecule has 0 amide bonds. The highest BCUT2D eigenvalue weighted by Gasteiger charge is 2.63. The van der Waals surface area contributed by atoms with Gasteiger partial charge < -0.3 is 35.8 Å². The first-order chi connectivity index (χ1) is 26.2. The molecular formula is C46H58N2O6. The zero-order chi connectivity index (χ0) is 38.0. The van der Waals surface area contributed by atoms with Crippen molar-refractivity contribution >= 4 is 5.78 Å². The van der Waals surface area contributed by atoms with Crippen LogP contribution in [0.3, 0.4) is 0 Å². The third kappa shape index (κ3) is 7.00. The summed E-state index contributed by atoms with van der Waals surface area (Å²) in [6, 6.07) is 19.2. The molecule has 1 spiro atoms. The van der Waals surface area contributed by atoms with E-state index < -0.39 is 17.4 Å². The first-order valence-corrected chi connectivity index (χ1v) is 20.3. The number of rotatable bonds is 10. The number of carbonyl (C=O) groups excluding carboxylic acids is 1. The predicted octanol–water partition coefficient (Wildman–Crippen LogP) is 6.94. The minimum Gasteiger partial charge on any atom is -0.504 e. The fraction of sp³-hybridized carbons (Fsp3) is 0.543. The number of benzene rings is 3. The summed E-state index contributed by atoms with van der Waals surface area (Å²) in [5.74, 6) is 6.30. The minimum atomic E-state index is -0.954. The number of Topliss-reactive ketones (excluding diaryl/α,β-unsaturated/α-hetero) is 1. The molecule has 3 aromatic carbocycles. The van der Waals surface area contributed by atoms with E-state index in [-0.39, 0.29) is 71.0 Å². The Balaban J connectivity index is 1.44. The van der Waals surface area contributed by atoms with Crippen LogP contribution in [0.15, 0.2) is 60.7 Å². The number of hydrogen-bond donors (Lipinski definition) is 6. The molecule has 0 radical (unpaired) electrons. The molecule has 3 aliphatic carbocycles. The van der Waals surface area contributed by atoms with Crippen molar-refractivity contribution in [2.45, 2.75) is 101 Å².